The third-order valence-electron chi connectivity index (χ3n) is 6.96. The summed E-state index contributed by atoms with van der Waals surface area (Å²) < 4.78 is 11.1. The molecule has 0 spiro atoms. The van der Waals surface area contributed by atoms with Gasteiger partial charge in [0.05, 0.1) is 26.2 Å². The SMILES string of the molecule is CCc1ccccc1NC(=O)C1c2ccccc2C(=O)N2CCc3cc(OC)c(OC)cc3C12. The monoisotopic (exact) mass is 456 g/mol. The first-order valence-corrected chi connectivity index (χ1v) is 11.6. The zero-order chi connectivity index (χ0) is 23.8. The van der Waals surface area contributed by atoms with Gasteiger partial charge in [-0.1, -0.05) is 43.3 Å². The number of hydrogen-bond acceptors (Lipinski definition) is 4. The molecular weight excluding hydrogens is 428 g/mol. The van der Waals surface area contributed by atoms with Crippen LogP contribution in [0.3, 0.4) is 0 Å². The maximum Gasteiger partial charge on any atom is 0.254 e. The molecule has 34 heavy (non-hydrogen) atoms. The normalized spacial score (nSPS) is 18.4. The second kappa shape index (κ2) is 8.86. The molecular formula is C28H28N2O4. The highest BCUT2D eigenvalue weighted by Crippen LogP contribution is 2.48. The van der Waals surface area contributed by atoms with Crippen LogP contribution < -0.4 is 14.8 Å². The van der Waals surface area contributed by atoms with Crippen LogP contribution in [0.25, 0.3) is 0 Å². The summed E-state index contributed by atoms with van der Waals surface area (Å²) in [5.41, 5.74) is 5.21. The van der Waals surface area contributed by atoms with Crippen LogP contribution in [0, 0.1) is 0 Å². The van der Waals surface area contributed by atoms with Gasteiger partial charge in [-0.3, -0.25) is 9.59 Å². The Kier molecular flexibility index (Phi) is 5.74. The van der Waals surface area contributed by atoms with E-state index in [1.54, 1.807) is 14.2 Å². The molecule has 3 aromatic carbocycles. The van der Waals surface area contributed by atoms with Crippen molar-refractivity contribution in [1.82, 2.24) is 4.90 Å². The highest BCUT2D eigenvalue weighted by Gasteiger charge is 2.46. The van der Waals surface area contributed by atoms with E-state index in [2.05, 4.69) is 12.2 Å². The number of hydrogen-bond donors (Lipinski definition) is 1. The fourth-order valence-corrected chi connectivity index (χ4v) is 5.30. The molecule has 0 fully saturated rings. The van der Waals surface area contributed by atoms with Gasteiger partial charge in [0.15, 0.2) is 11.5 Å². The quantitative estimate of drug-likeness (QED) is 0.602. The summed E-state index contributed by atoms with van der Waals surface area (Å²) in [7, 11) is 3.21. The van der Waals surface area contributed by atoms with Crippen LogP contribution in [0.1, 0.15) is 51.5 Å². The number of aryl methyl sites for hydroxylation is 1. The molecule has 1 N–H and O–H groups in total. The lowest BCUT2D eigenvalue weighted by Gasteiger charge is -2.45. The second-order valence-corrected chi connectivity index (χ2v) is 8.66. The number of rotatable bonds is 5. The van der Waals surface area contributed by atoms with E-state index < -0.39 is 12.0 Å². The predicted octanol–water partition coefficient (Wildman–Crippen LogP) is 4.74. The van der Waals surface area contributed by atoms with Gasteiger partial charge in [-0.2, -0.15) is 0 Å². The van der Waals surface area contributed by atoms with Crippen molar-refractivity contribution in [1.29, 1.82) is 0 Å². The molecule has 2 heterocycles. The van der Waals surface area contributed by atoms with Crippen molar-refractivity contribution in [2.45, 2.75) is 31.7 Å². The number of nitrogens with one attached hydrogen (secondary N) is 1. The number of benzene rings is 3. The number of anilines is 1. The topological polar surface area (TPSA) is 67.9 Å². The molecule has 6 nitrogen and oxygen atoms in total. The largest absolute Gasteiger partial charge is 0.493 e. The zero-order valence-electron chi connectivity index (χ0n) is 19.6. The third-order valence-corrected chi connectivity index (χ3v) is 6.96. The molecule has 5 rings (SSSR count). The van der Waals surface area contributed by atoms with Crippen LogP contribution in [0.2, 0.25) is 0 Å². The van der Waals surface area contributed by atoms with E-state index in [4.69, 9.17) is 9.47 Å². The van der Waals surface area contributed by atoms with Gasteiger partial charge in [0, 0.05) is 17.8 Å². The zero-order valence-corrected chi connectivity index (χ0v) is 19.6. The van der Waals surface area contributed by atoms with Gasteiger partial charge in [0.25, 0.3) is 5.91 Å². The van der Waals surface area contributed by atoms with E-state index in [9.17, 15) is 9.59 Å². The van der Waals surface area contributed by atoms with Crippen molar-refractivity contribution in [3.05, 3.63) is 88.5 Å². The first kappa shape index (κ1) is 22.0. The van der Waals surface area contributed by atoms with E-state index in [-0.39, 0.29) is 11.8 Å². The van der Waals surface area contributed by atoms with Crippen molar-refractivity contribution in [3.63, 3.8) is 0 Å². The van der Waals surface area contributed by atoms with Crippen molar-refractivity contribution in [3.8, 4) is 11.5 Å². The first-order chi connectivity index (χ1) is 16.6. The molecule has 0 saturated carbocycles. The molecule has 0 radical (unpaired) electrons. The minimum atomic E-state index is -0.559. The molecule has 2 amide bonds. The van der Waals surface area contributed by atoms with Gasteiger partial charge in [0.2, 0.25) is 5.91 Å². The maximum absolute atomic E-state index is 13.9. The molecule has 174 valence electrons. The lowest BCUT2D eigenvalue weighted by atomic mass is 9.75. The molecule has 2 atom stereocenters. The Morgan fingerprint density at radius 3 is 2.47 bits per heavy atom. The fourth-order valence-electron chi connectivity index (χ4n) is 5.30. The molecule has 0 aliphatic carbocycles. The average Bonchev–Trinajstić information content (AvgIpc) is 2.88. The van der Waals surface area contributed by atoms with E-state index in [0.29, 0.717) is 30.0 Å². The van der Waals surface area contributed by atoms with Crippen molar-refractivity contribution in [2.24, 2.45) is 0 Å². The number of fused-ring (bicyclic) bond motifs is 4. The van der Waals surface area contributed by atoms with Crippen LogP contribution in [0.15, 0.2) is 60.7 Å². The van der Waals surface area contributed by atoms with Crippen LogP contribution in [0.4, 0.5) is 5.69 Å². The Morgan fingerprint density at radius 1 is 1.00 bits per heavy atom. The summed E-state index contributed by atoms with van der Waals surface area (Å²) in [5, 5.41) is 3.17. The Morgan fingerprint density at radius 2 is 1.71 bits per heavy atom. The second-order valence-electron chi connectivity index (χ2n) is 8.66. The molecule has 0 aromatic heterocycles. The predicted molar refractivity (Wildman–Crippen MR) is 131 cm³/mol. The van der Waals surface area contributed by atoms with Gasteiger partial charge < -0.3 is 19.7 Å². The van der Waals surface area contributed by atoms with E-state index in [0.717, 1.165) is 34.4 Å². The van der Waals surface area contributed by atoms with Crippen LogP contribution >= 0.6 is 0 Å². The van der Waals surface area contributed by atoms with E-state index >= 15 is 0 Å². The molecule has 2 aliphatic rings. The number of nitrogens with zero attached hydrogens (tertiary/aromatic N) is 1. The van der Waals surface area contributed by atoms with E-state index in [1.807, 2.05) is 65.6 Å². The number of ether oxygens (including phenoxy) is 2. The standard InChI is InChI=1S/C28H28N2O4/c1-4-17-9-5-8-12-22(17)29-27(31)25-19-10-6-7-11-20(19)28(32)30-14-13-18-15-23(33-2)24(34-3)16-21(18)26(25)30/h5-12,15-16,25-26H,4,13-14H2,1-3H3,(H,29,31). The lowest BCUT2D eigenvalue weighted by molar-refractivity contribution is -0.119. The highest BCUT2D eigenvalue weighted by atomic mass is 16.5. The number of carbonyl (C=O) groups excluding carboxylic acids is 2. The van der Waals surface area contributed by atoms with E-state index in [1.165, 1.54) is 0 Å². The van der Waals surface area contributed by atoms with Crippen LogP contribution in [0.5, 0.6) is 11.5 Å². The lowest BCUT2D eigenvalue weighted by Crippen LogP contribution is -2.49. The number of amides is 2. The molecule has 0 saturated heterocycles. The van der Waals surface area contributed by atoms with Gasteiger partial charge in [-0.05, 0) is 59.4 Å². The number of para-hydroxylation sites is 1. The average molecular weight is 457 g/mol. The van der Waals surface area contributed by atoms with Crippen molar-refractivity contribution < 1.29 is 19.1 Å². The minimum Gasteiger partial charge on any atom is -0.493 e. The molecule has 2 aliphatic heterocycles. The summed E-state index contributed by atoms with van der Waals surface area (Å²) in [6.45, 7) is 2.61. The maximum atomic E-state index is 13.9. The minimum absolute atomic E-state index is 0.0426. The number of methoxy groups -OCH3 is 2. The summed E-state index contributed by atoms with van der Waals surface area (Å²) in [6.07, 6.45) is 1.50. The van der Waals surface area contributed by atoms with Crippen LogP contribution in [-0.4, -0.2) is 37.5 Å². The van der Waals surface area contributed by atoms with Crippen molar-refractivity contribution in [2.75, 3.05) is 26.1 Å². The molecule has 2 unspecified atom stereocenters. The first-order valence-electron chi connectivity index (χ1n) is 11.6. The summed E-state index contributed by atoms with van der Waals surface area (Å²) >= 11 is 0. The number of carbonyl (C=O) groups is 2. The Labute approximate surface area is 199 Å². The summed E-state index contributed by atoms with van der Waals surface area (Å²) in [5.74, 6) is 0.508. The Hall–Kier alpha value is -3.80. The summed E-state index contributed by atoms with van der Waals surface area (Å²) in [4.78, 5) is 29.3. The Bertz CT molecular complexity index is 1270. The fraction of sp³-hybridized carbons (Fsp3) is 0.286. The third kappa shape index (κ3) is 3.50. The highest BCUT2D eigenvalue weighted by molar-refractivity contribution is 6.04. The van der Waals surface area contributed by atoms with Crippen molar-refractivity contribution >= 4 is 17.5 Å². The van der Waals surface area contributed by atoms with Crippen LogP contribution in [-0.2, 0) is 17.6 Å². The van der Waals surface area contributed by atoms with Gasteiger partial charge in [-0.25, -0.2) is 0 Å². The summed E-state index contributed by atoms with van der Waals surface area (Å²) in [6, 6.07) is 18.8. The Balaban J connectivity index is 1.66. The molecule has 3 aromatic rings. The smallest absolute Gasteiger partial charge is 0.254 e. The van der Waals surface area contributed by atoms with Gasteiger partial charge in [0.1, 0.15) is 0 Å². The molecule has 0 bridgehead atoms. The van der Waals surface area contributed by atoms with Gasteiger partial charge in [-0.15, -0.1) is 0 Å². The molecule has 6 heteroatoms. The van der Waals surface area contributed by atoms with Gasteiger partial charge >= 0.3 is 0 Å².